The van der Waals surface area contributed by atoms with E-state index in [4.69, 9.17) is 4.74 Å². The van der Waals surface area contributed by atoms with Crippen LogP contribution in [-0.2, 0) is 4.74 Å². The van der Waals surface area contributed by atoms with Crippen molar-refractivity contribution in [1.29, 1.82) is 0 Å². The summed E-state index contributed by atoms with van der Waals surface area (Å²) in [4.78, 5) is 0. The Bertz CT molecular complexity index is 225. The van der Waals surface area contributed by atoms with E-state index in [1.807, 2.05) is 0 Å². The highest BCUT2D eigenvalue weighted by molar-refractivity contribution is 4.97. The van der Waals surface area contributed by atoms with E-state index < -0.39 is 0 Å². The molecule has 1 aliphatic heterocycles. The first-order valence-corrected chi connectivity index (χ1v) is 7.05. The maximum Gasteiger partial charge on any atom is 0.0725 e. The average Bonchev–Trinajstić information content (AvgIpc) is 2.27. The first kappa shape index (κ1) is 12.4. The van der Waals surface area contributed by atoms with Gasteiger partial charge in [-0.3, -0.25) is 0 Å². The second-order valence-electron chi connectivity index (χ2n) is 5.82. The molecule has 2 aliphatic rings. The van der Waals surface area contributed by atoms with Gasteiger partial charge in [0.2, 0.25) is 0 Å². The Hall–Kier alpha value is -0.0800. The summed E-state index contributed by atoms with van der Waals surface area (Å²) in [7, 11) is 0. The topological polar surface area (TPSA) is 21.3 Å². The van der Waals surface area contributed by atoms with Gasteiger partial charge in [0.1, 0.15) is 0 Å². The molecule has 16 heavy (non-hydrogen) atoms. The predicted molar refractivity (Wildman–Crippen MR) is 67.6 cm³/mol. The van der Waals surface area contributed by atoms with Gasteiger partial charge in [-0.1, -0.05) is 33.6 Å². The van der Waals surface area contributed by atoms with Crippen LogP contribution in [0.15, 0.2) is 0 Å². The molecule has 2 rings (SSSR count). The third kappa shape index (κ3) is 2.28. The molecule has 1 N–H and O–H groups in total. The number of hydrogen-bond donors (Lipinski definition) is 1. The van der Waals surface area contributed by atoms with Crippen LogP contribution in [0.25, 0.3) is 0 Å². The Morgan fingerprint density at radius 1 is 1.31 bits per heavy atom. The summed E-state index contributed by atoms with van der Waals surface area (Å²) in [5.41, 5.74) is 0.197. The van der Waals surface area contributed by atoms with Gasteiger partial charge in [0, 0.05) is 12.6 Å². The van der Waals surface area contributed by atoms with Gasteiger partial charge >= 0.3 is 0 Å². The zero-order valence-electron chi connectivity index (χ0n) is 11.1. The second kappa shape index (κ2) is 5.05. The van der Waals surface area contributed by atoms with Gasteiger partial charge in [-0.2, -0.15) is 0 Å². The van der Waals surface area contributed by atoms with Crippen LogP contribution in [0.4, 0.5) is 0 Å². The van der Waals surface area contributed by atoms with Crippen molar-refractivity contribution >= 4 is 0 Å². The van der Waals surface area contributed by atoms with Crippen molar-refractivity contribution in [2.45, 2.75) is 64.5 Å². The van der Waals surface area contributed by atoms with Gasteiger partial charge in [-0.05, 0) is 37.6 Å². The Kier molecular flexibility index (Phi) is 3.91. The fraction of sp³-hybridized carbons (Fsp3) is 1.00. The molecule has 2 heteroatoms. The molecule has 1 saturated heterocycles. The molecule has 1 aliphatic carbocycles. The monoisotopic (exact) mass is 225 g/mol. The summed E-state index contributed by atoms with van der Waals surface area (Å²) in [5, 5.41) is 3.61. The van der Waals surface area contributed by atoms with Crippen LogP contribution in [0, 0.1) is 11.8 Å². The smallest absolute Gasteiger partial charge is 0.0725 e. The first-order chi connectivity index (χ1) is 7.68. The molecule has 94 valence electrons. The lowest BCUT2D eigenvalue weighted by atomic mass is 9.67. The molecule has 0 aromatic rings. The van der Waals surface area contributed by atoms with E-state index >= 15 is 0 Å². The fourth-order valence-corrected chi connectivity index (χ4v) is 3.66. The lowest BCUT2D eigenvalue weighted by Gasteiger charge is -2.50. The number of ether oxygens (including phenoxy) is 1. The lowest BCUT2D eigenvalue weighted by molar-refractivity contribution is -0.151. The number of rotatable bonds is 2. The maximum absolute atomic E-state index is 6.23. The van der Waals surface area contributed by atoms with E-state index in [1.54, 1.807) is 0 Å². The zero-order chi connectivity index (χ0) is 11.6. The number of hydrogen-bond acceptors (Lipinski definition) is 2. The molecule has 0 amide bonds. The Morgan fingerprint density at radius 3 is 2.88 bits per heavy atom. The molecule has 0 radical (unpaired) electrons. The molecule has 2 nitrogen and oxygen atoms in total. The van der Waals surface area contributed by atoms with Crippen LogP contribution >= 0.6 is 0 Å². The molecule has 1 heterocycles. The minimum Gasteiger partial charge on any atom is -0.375 e. The van der Waals surface area contributed by atoms with Gasteiger partial charge in [0.25, 0.3) is 0 Å². The highest BCUT2D eigenvalue weighted by Gasteiger charge is 2.45. The first-order valence-electron chi connectivity index (χ1n) is 7.05. The van der Waals surface area contributed by atoms with Crippen molar-refractivity contribution in [3.63, 3.8) is 0 Å². The molecular formula is C14H27NO. The van der Waals surface area contributed by atoms with E-state index in [2.05, 4.69) is 26.1 Å². The molecule has 1 spiro atoms. The van der Waals surface area contributed by atoms with Crippen LogP contribution in [0.2, 0.25) is 0 Å². The van der Waals surface area contributed by atoms with Crippen LogP contribution in [0.3, 0.4) is 0 Å². The molecule has 2 fully saturated rings. The van der Waals surface area contributed by atoms with Crippen molar-refractivity contribution in [2.24, 2.45) is 11.8 Å². The van der Waals surface area contributed by atoms with Crippen molar-refractivity contribution < 1.29 is 4.74 Å². The Morgan fingerprint density at radius 2 is 2.12 bits per heavy atom. The zero-order valence-corrected chi connectivity index (χ0v) is 11.1. The average molecular weight is 225 g/mol. The molecule has 0 bridgehead atoms. The lowest BCUT2D eigenvalue weighted by Crippen LogP contribution is -2.53. The highest BCUT2D eigenvalue weighted by atomic mass is 16.5. The van der Waals surface area contributed by atoms with E-state index in [0.29, 0.717) is 6.04 Å². The second-order valence-corrected chi connectivity index (χ2v) is 5.82. The van der Waals surface area contributed by atoms with Gasteiger partial charge in [-0.15, -0.1) is 0 Å². The normalized spacial score (nSPS) is 44.8. The molecule has 0 aromatic heterocycles. The van der Waals surface area contributed by atoms with Crippen molar-refractivity contribution in [2.75, 3.05) is 13.2 Å². The van der Waals surface area contributed by atoms with Gasteiger partial charge in [0.05, 0.1) is 5.60 Å². The third-order valence-corrected chi connectivity index (χ3v) is 4.88. The SMILES string of the molecule is CCNC1CCOC2(CCCC(C)C2C)C1. The molecule has 4 atom stereocenters. The molecular weight excluding hydrogens is 198 g/mol. The van der Waals surface area contributed by atoms with Crippen LogP contribution < -0.4 is 5.32 Å². The van der Waals surface area contributed by atoms with Crippen LogP contribution in [-0.4, -0.2) is 24.8 Å². The summed E-state index contributed by atoms with van der Waals surface area (Å²) in [5.74, 6) is 1.55. The fourth-order valence-electron chi connectivity index (χ4n) is 3.66. The van der Waals surface area contributed by atoms with Crippen LogP contribution in [0.5, 0.6) is 0 Å². The summed E-state index contributed by atoms with van der Waals surface area (Å²) < 4.78 is 6.23. The van der Waals surface area contributed by atoms with E-state index in [9.17, 15) is 0 Å². The van der Waals surface area contributed by atoms with Gasteiger partial charge in [0.15, 0.2) is 0 Å². The van der Waals surface area contributed by atoms with Crippen molar-refractivity contribution in [1.82, 2.24) is 5.32 Å². The standard InChI is InChI=1S/C14H27NO/c1-4-15-13-7-9-16-14(10-13)8-5-6-11(2)12(14)3/h11-13,15H,4-10H2,1-3H3. The molecule has 4 unspecified atom stereocenters. The van der Waals surface area contributed by atoms with E-state index in [-0.39, 0.29) is 5.60 Å². The quantitative estimate of drug-likeness (QED) is 0.780. The Labute approximate surface area is 100 Å². The molecule has 1 saturated carbocycles. The predicted octanol–water partition coefficient (Wildman–Crippen LogP) is 2.97. The summed E-state index contributed by atoms with van der Waals surface area (Å²) in [6.45, 7) is 9.04. The van der Waals surface area contributed by atoms with Gasteiger partial charge in [-0.25, -0.2) is 0 Å². The van der Waals surface area contributed by atoms with Gasteiger partial charge < -0.3 is 10.1 Å². The summed E-state index contributed by atoms with van der Waals surface area (Å²) >= 11 is 0. The summed E-state index contributed by atoms with van der Waals surface area (Å²) in [6, 6.07) is 0.687. The summed E-state index contributed by atoms with van der Waals surface area (Å²) in [6.07, 6.45) is 6.44. The van der Waals surface area contributed by atoms with E-state index in [0.717, 1.165) is 25.0 Å². The number of nitrogens with one attached hydrogen (secondary N) is 1. The highest BCUT2D eigenvalue weighted by Crippen LogP contribution is 2.45. The molecule has 0 aromatic carbocycles. The largest absolute Gasteiger partial charge is 0.375 e. The minimum absolute atomic E-state index is 0.197. The minimum atomic E-state index is 0.197. The third-order valence-electron chi connectivity index (χ3n) is 4.88. The van der Waals surface area contributed by atoms with Crippen molar-refractivity contribution in [3.8, 4) is 0 Å². The maximum atomic E-state index is 6.23. The van der Waals surface area contributed by atoms with Crippen molar-refractivity contribution in [3.05, 3.63) is 0 Å². The van der Waals surface area contributed by atoms with E-state index in [1.165, 1.54) is 32.1 Å². The van der Waals surface area contributed by atoms with Crippen LogP contribution in [0.1, 0.15) is 52.9 Å². The Balaban J connectivity index is 2.04.